The van der Waals surface area contributed by atoms with Gasteiger partial charge in [-0.15, -0.1) is 11.3 Å². The van der Waals surface area contributed by atoms with Crippen LogP contribution < -0.4 is 21.3 Å². The molecule has 0 atom stereocenters. The van der Waals surface area contributed by atoms with Crippen molar-refractivity contribution in [2.24, 2.45) is 0 Å². The predicted octanol–water partition coefficient (Wildman–Crippen LogP) is 1.69. The minimum Gasteiger partial charge on any atom is -0.467 e. The Morgan fingerprint density at radius 2 is 1.97 bits per heavy atom. The van der Waals surface area contributed by atoms with E-state index in [1.165, 1.54) is 36.7 Å². The van der Waals surface area contributed by atoms with E-state index in [1.807, 2.05) is 0 Å². The molecule has 0 radical (unpaired) electrons. The monoisotopic (exact) mass is 473 g/mol. The van der Waals surface area contributed by atoms with Gasteiger partial charge in [-0.1, -0.05) is 0 Å². The lowest BCUT2D eigenvalue weighted by atomic mass is 10.2. The lowest BCUT2D eigenvalue weighted by molar-refractivity contribution is 0.102. The Morgan fingerprint density at radius 3 is 2.62 bits per heavy atom. The van der Waals surface area contributed by atoms with Crippen LogP contribution in [-0.4, -0.2) is 28.9 Å². The Morgan fingerprint density at radius 1 is 1.19 bits per heavy atom. The molecular formula is C19H15N5O6S2. The number of benzene rings is 1. The summed E-state index contributed by atoms with van der Waals surface area (Å²) in [5.74, 6) is -0.394. The van der Waals surface area contributed by atoms with Gasteiger partial charge >= 0.3 is 5.69 Å². The van der Waals surface area contributed by atoms with Crippen LogP contribution in [0.3, 0.4) is 0 Å². The van der Waals surface area contributed by atoms with Crippen LogP contribution in [-0.2, 0) is 16.6 Å². The van der Waals surface area contributed by atoms with Gasteiger partial charge in [-0.25, -0.2) is 18.2 Å². The van der Waals surface area contributed by atoms with Crippen LogP contribution in [0.2, 0.25) is 0 Å². The van der Waals surface area contributed by atoms with Crippen LogP contribution in [0.1, 0.15) is 16.1 Å². The molecule has 3 N–H and O–H groups in total. The third-order valence-electron chi connectivity index (χ3n) is 4.28. The van der Waals surface area contributed by atoms with E-state index < -0.39 is 27.2 Å². The first-order chi connectivity index (χ1) is 15.3. The molecule has 1 amide bonds. The van der Waals surface area contributed by atoms with Gasteiger partial charge in [0.25, 0.3) is 21.5 Å². The van der Waals surface area contributed by atoms with Crippen molar-refractivity contribution in [3.8, 4) is 0 Å². The third kappa shape index (κ3) is 4.53. The summed E-state index contributed by atoms with van der Waals surface area (Å²) in [6, 6.07) is 8.56. The van der Waals surface area contributed by atoms with Gasteiger partial charge in [0, 0.05) is 23.5 Å². The topological polar surface area (TPSA) is 156 Å². The molecule has 13 heteroatoms. The van der Waals surface area contributed by atoms with Crippen LogP contribution >= 0.6 is 11.3 Å². The van der Waals surface area contributed by atoms with E-state index in [9.17, 15) is 22.8 Å². The first-order valence-electron chi connectivity index (χ1n) is 9.02. The van der Waals surface area contributed by atoms with Gasteiger partial charge < -0.3 is 14.7 Å². The number of nitrogens with one attached hydrogen (secondary N) is 3. The number of aromatic amines is 1. The Labute approximate surface area is 184 Å². The Hall–Kier alpha value is -3.97. The van der Waals surface area contributed by atoms with Crippen molar-refractivity contribution in [1.82, 2.24) is 14.5 Å². The molecule has 32 heavy (non-hydrogen) atoms. The number of hydrogen-bond acceptors (Lipinski definition) is 8. The summed E-state index contributed by atoms with van der Waals surface area (Å²) in [4.78, 5) is 43.4. The van der Waals surface area contributed by atoms with Crippen molar-refractivity contribution >= 4 is 38.1 Å². The molecular weight excluding hydrogens is 458 g/mol. The second kappa shape index (κ2) is 8.64. The molecule has 0 spiro atoms. The highest BCUT2D eigenvalue weighted by Gasteiger charge is 2.18. The fourth-order valence-electron chi connectivity index (χ4n) is 2.74. The summed E-state index contributed by atoms with van der Waals surface area (Å²) < 4.78 is 33.1. The maximum absolute atomic E-state index is 12.6. The van der Waals surface area contributed by atoms with Crippen LogP contribution in [0.25, 0.3) is 0 Å². The minimum atomic E-state index is -3.84. The number of rotatable bonds is 7. The molecule has 4 aromatic rings. The third-order valence-corrected chi connectivity index (χ3v) is 6.45. The summed E-state index contributed by atoms with van der Waals surface area (Å²) in [5, 5.41) is 4.37. The molecule has 3 heterocycles. The maximum Gasteiger partial charge on any atom is 0.328 e. The predicted molar refractivity (Wildman–Crippen MR) is 116 cm³/mol. The number of H-pyrrole nitrogens is 1. The lowest BCUT2D eigenvalue weighted by Gasteiger charge is -2.09. The summed E-state index contributed by atoms with van der Waals surface area (Å²) >= 11 is 1.14. The molecule has 4 rings (SSSR count). The number of nitrogens with zero attached hydrogens (tertiary/aromatic N) is 2. The molecule has 0 aliphatic heterocycles. The molecule has 3 aromatic heterocycles. The Kier molecular flexibility index (Phi) is 5.75. The molecule has 0 saturated carbocycles. The summed E-state index contributed by atoms with van der Waals surface area (Å²) in [7, 11) is -3.84. The number of furan rings is 1. The summed E-state index contributed by atoms with van der Waals surface area (Å²) in [5.41, 5.74) is -1.52. The SMILES string of the molecule is O=C(Nc1ccc(S(=O)(=O)Nc2nccs2)cc1)c1c[nH]c(=O)n(Cc2ccco2)c1=O. The first kappa shape index (κ1) is 21.3. The normalized spacial score (nSPS) is 11.2. The van der Waals surface area contributed by atoms with Gasteiger partial charge in [0.1, 0.15) is 11.3 Å². The van der Waals surface area contributed by atoms with Gasteiger partial charge in [0.05, 0.1) is 17.7 Å². The molecule has 0 saturated heterocycles. The molecule has 1 aromatic carbocycles. The fraction of sp³-hybridized carbons (Fsp3) is 0.0526. The molecule has 11 nitrogen and oxygen atoms in total. The van der Waals surface area contributed by atoms with Gasteiger partial charge in [-0.3, -0.25) is 18.9 Å². The smallest absolute Gasteiger partial charge is 0.328 e. The highest BCUT2D eigenvalue weighted by molar-refractivity contribution is 7.93. The Bertz CT molecular complexity index is 1450. The highest BCUT2D eigenvalue weighted by Crippen LogP contribution is 2.19. The number of anilines is 2. The highest BCUT2D eigenvalue weighted by atomic mass is 32.2. The number of amides is 1. The van der Waals surface area contributed by atoms with Crippen molar-refractivity contribution in [3.05, 3.63) is 92.6 Å². The summed E-state index contributed by atoms with van der Waals surface area (Å²) in [6.45, 7) is -0.138. The second-order valence-corrected chi connectivity index (χ2v) is 8.98. The number of hydrogen-bond donors (Lipinski definition) is 3. The quantitative estimate of drug-likeness (QED) is 0.369. The van der Waals surface area contributed by atoms with Crippen LogP contribution in [0.15, 0.2) is 79.3 Å². The van der Waals surface area contributed by atoms with Crippen molar-refractivity contribution in [3.63, 3.8) is 0 Å². The largest absolute Gasteiger partial charge is 0.467 e. The van der Waals surface area contributed by atoms with Crippen molar-refractivity contribution < 1.29 is 17.6 Å². The Balaban J connectivity index is 1.52. The molecule has 0 bridgehead atoms. The van der Waals surface area contributed by atoms with Gasteiger partial charge in [0.15, 0.2) is 5.13 Å². The average molecular weight is 473 g/mol. The van der Waals surface area contributed by atoms with Crippen molar-refractivity contribution in [2.75, 3.05) is 10.0 Å². The standard InChI is InChI=1S/C19H15N5O6S2/c25-16(15-10-21-19(27)24(17(15)26)11-13-2-1-8-30-13)22-12-3-5-14(6-4-12)32(28,29)23-18-20-7-9-31-18/h1-10H,11H2,(H,20,23)(H,21,27)(H,22,25). The number of carbonyl (C=O) groups excluding carboxylic acids is 1. The zero-order valence-electron chi connectivity index (χ0n) is 16.1. The van der Waals surface area contributed by atoms with Gasteiger partial charge in [-0.05, 0) is 36.4 Å². The average Bonchev–Trinajstić information content (AvgIpc) is 3.45. The molecule has 0 aliphatic carbocycles. The molecule has 0 aliphatic rings. The first-order valence-corrected chi connectivity index (χ1v) is 11.4. The van der Waals surface area contributed by atoms with E-state index in [2.05, 4.69) is 20.0 Å². The van der Waals surface area contributed by atoms with E-state index in [0.29, 0.717) is 5.76 Å². The van der Waals surface area contributed by atoms with Crippen LogP contribution in [0.4, 0.5) is 10.8 Å². The zero-order chi connectivity index (χ0) is 22.7. The number of thiazole rings is 1. The molecule has 0 unspecified atom stereocenters. The fourth-order valence-corrected chi connectivity index (χ4v) is 4.53. The molecule has 0 fully saturated rings. The van der Waals surface area contributed by atoms with Crippen molar-refractivity contribution in [1.29, 1.82) is 0 Å². The number of sulfonamides is 1. The summed E-state index contributed by atoms with van der Waals surface area (Å²) in [6.07, 6.45) is 3.90. The van der Waals surface area contributed by atoms with Crippen LogP contribution in [0, 0.1) is 0 Å². The van der Waals surface area contributed by atoms with Crippen molar-refractivity contribution in [2.45, 2.75) is 11.4 Å². The number of aromatic nitrogens is 3. The number of carbonyl (C=O) groups is 1. The second-order valence-electron chi connectivity index (χ2n) is 6.40. The maximum atomic E-state index is 12.6. The van der Waals surface area contributed by atoms with E-state index in [-0.39, 0.29) is 27.8 Å². The van der Waals surface area contributed by atoms with E-state index in [1.54, 1.807) is 17.5 Å². The van der Waals surface area contributed by atoms with E-state index in [0.717, 1.165) is 22.1 Å². The van der Waals surface area contributed by atoms with E-state index >= 15 is 0 Å². The zero-order valence-corrected chi connectivity index (χ0v) is 17.8. The van der Waals surface area contributed by atoms with E-state index in [4.69, 9.17) is 4.42 Å². The molecule has 164 valence electrons. The minimum absolute atomic E-state index is 0.0319. The lowest BCUT2D eigenvalue weighted by Crippen LogP contribution is -2.39. The van der Waals surface area contributed by atoms with Crippen LogP contribution in [0.5, 0.6) is 0 Å². The van der Waals surface area contributed by atoms with Gasteiger partial charge in [-0.2, -0.15) is 0 Å². The van der Waals surface area contributed by atoms with Gasteiger partial charge in [0.2, 0.25) is 0 Å².